The minimum atomic E-state index is -0.387. The Morgan fingerprint density at radius 3 is 2.71 bits per heavy atom. The summed E-state index contributed by atoms with van der Waals surface area (Å²) in [5.74, 6) is -0.692. The number of hydrogen-bond acceptors (Lipinski definition) is 5. The van der Waals surface area contributed by atoms with Gasteiger partial charge in [0.2, 0.25) is 0 Å². The molecule has 0 aliphatic heterocycles. The monoisotopic (exact) mass is 347 g/mol. The van der Waals surface area contributed by atoms with Crippen LogP contribution in [-0.2, 0) is 24.6 Å². The molecule has 2 aromatic heterocycles. The minimum absolute atomic E-state index is 0.305. The molecule has 1 aliphatic rings. The number of anilines is 1. The van der Waals surface area contributed by atoms with Crippen LogP contribution < -0.4 is 5.32 Å². The van der Waals surface area contributed by atoms with Gasteiger partial charge in [-0.1, -0.05) is 6.42 Å². The summed E-state index contributed by atoms with van der Waals surface area (Å²) >= 11 is 1.49. The molecule has 1 aliphatic carbocycles. The number of carbonyl (C=O) groups excluding carboxylic acids is 2. The molecule has 1 N–H and O–H groups in total. The van der Waals surface area contributed by atoms with Crippen molar-refractivity contribution in [2.75, 3.05) is 12.4 Å². The fourth-order valence-electron chi connectivity index (χ4n) is 2.99. The van der Waals surface area contributed by atoms with Crippen molar-refractivity contribution in [3.8, 4) is 0 Å². The number of fused-ring (bicyclic) bond motifs is 1. The number of rotatable bonds is 3. The third-order valence-corrected chi connectivity index (χ3v) is 5.59. The van der Waals surface area contributed by atoms with Crippen LogP contribution in [0.3, 0.4) is 0 Å². The fourth-order valence-corrected chi connectivity index (χ4v) is 4.26. The smallest absolute Gasteiger partial charge is 0.341 e. The molecule has 6 nitrogen and oxygen atoms in total. The normalized spacial score (nSPS) is 14.0. The average Bonchev–Trinajstić information content (AvgIpc) is 2.97. The number of hydrogen-bond donors (Lipinski definition) is 1. The third kappa shape index (κ3) is 3.08. The van der Waals surface area contributed by atoms with Crippen LogP contribution in [0.1, 0.15) is 56.2 Å². The lowest BCUT2D eigenvalue weighted by molar-refractivity contribution is 0.0601. The Morgan fingerprint density at radius 1 is 1.29 bits per heavy atom. The van der Waals surface area contributed by atoms with Crippen LogP contribution in [0.5, 0.6) is 0 Å². The molecule has 0 atom stereocenters. The van der Waals surface area contributed by atoms with E-state index in [-0.39, 0.29) is 11.9 Å². The Kier molecular flexibility index (Phi) is 4.71. The molecule has 0 saturated carbocycles. The number of nitrogens with one attached hydrogen (secondary N) is 1. The van der Waals surface area contributed by atoms with Crippen LogP contribution in [0.4, 0.5) is 5.00 Å². The van der Waals surface area contributed by atoms with Gasteiger partial charge in [0, 0.05) is 17.6 Å². The molecule has 0 unspecified atom stereocenters. The van der Waals surface area contributed by atoms with E-state index in [1.807, 2.05) is 6.92 Å². The number of nitrogens with zero attached hydrogens (tertiary/aromatic N) is 2. The Balaban J connectivity index is 1.95. The van der Waals surface area contributed by atoms with E-state index in [1.54, 1.807) is 17.8 Å². The summed E-state index contributed by atoms with van der Waals surface area (Å²) in [5.41, 5.74) is 2.79. The molecule has 2 heterocycles. The molecule has 0 bridgehead atoms. The van der Waals surface area contributed by atoms with E-state index in [1.165, 1.54) is 23.3 Å². The number of esters is 1. The number of amides is 1. The first-order chi connectivity index (χ1) is 11.5. The number of methoxy groups -OCH3 is 1. The highest BCUT2D eigenvalue weighted by Gasteiger charge is 2.26. The van der Waals surface area contributed by atoms with Crippen LogP contribution in [0, 0.1) is 6.92 Å². The zero-order valence-electron chi connectivity index (χ0n) is 14.1. The minimum Gasteiger partial charge on any atom is -0.465 e. The second-order valence-corrected chi connectivity index (χ2v) is 7.11. The second-order valence-electron chi connectivity index (χ2n) is 6.01. The summed E-state index contributed by atoms with van der Waals surface area (Å²) in [6, 6.07) is 1.73. The zero-order chi connectivity index (χ0) is 17.3. The van der Waals surface area contributed by atoms with E-state index in [0.717, 1.165) is 43.4 Å². The highest BCUT2D eigenvalue weighted by atomic mass is 32.1. The maximum Gasteiger partial charge on any atom is 0.341 e. The molecule has 2 aromatic rings. The van der Waals surface area contributed by atoms with Crippen molar-refractivity contribution in [3.05, 3.63) is 33.5 Å². The molecule has 24 heavy (non-hydrogen) atoms. The zero-order valence-corrected chi connectivity index (χ0v) is 15.0. The third-order valence-electron chi connectivity index (χ3n) is 4.38. The lowest BCUT2D eigenvalue weighted by atomic mass is 10.1. The number of thiophene rings is 1. The van der Waals surface area contributed by atoms with Crippen LogP contribution in [0.2, 0.25) is 0 Å². The van der Waals surface area contributed by atoms with Crippen molar-refractivity contribution < 1.29 is 14.3 Å². The number of carbonyl (C=O) groups is 2. The van der Waals surface area contributed by atoms with E-state index >= 15 is 0 Å². The van der Waals surface area contributed by atoms with Gasteiger partial charge in [0.25, 0.3) is 5.91 Å². The van der Waals surface area contributed by atoms with Crippen LogP contribution >= 0.6 is 11.3 Å². The summed E-state index contributed by atoms with van der Waals surface area (Å²) in [5, 5.41) is 7.63. The van der Waals surface area contributed by atoms with E-state index in [4.69, 9.17) is 4.74 Å². The lowest BCUT2D eigenvalue weighted by Crippen LogP contribution is -2.15. The van der Waals surface area contributed by atoms with Crippen LogP contribution in [0.15, 0.2) is 6.07 Å². The topological polar surface area (TPSA) is 73.2 Å². The molecule has 1 amide bonds. The Bertz CT molecular complexity index is 772. The first-order valence-corrected chi connectivity index (χ1v) is 8.87. The second kappa shape index (κ2) is 6.76. The summed E-state index contributed by atoms with van der Waals surface area (Å²) < 4.78 is 6.60. The van der Waals surface area contributed by atoms with Crippen molar-refractivity contribution in [1.82, 2.24) is 9.78 Å². The lowest BCUT2D eigenvalue weighted by Gasteiger charge is -2.06. The van der Waals surface area contributed by atoms with Crippen molar-refractivity contribution in [2.45, 2.75) is 39.0 Å². The van der Waals surface area contributed by atoms with Gasteiger partial charge in [-0.05, 0) is 44.2 Å². The SMILES string of the molecule is COC(=O)c1c(NC(=O)c2cc(C)n(C)n2)sc2c1CCCCC2. The molecule has 0 fully saturated rings. The molecule has 7 heteroatoms. The van der Waals surface area contributed by atoms with Gasteiger partial charge in [0.15, 0.2) is 5.69 Å². The summed E-state index contributed by atoms with van der Waals surface area (Å²) in [7, 11) is 3.16. The maximum absolute atomic E-state index is 12.5. The van der Waals surface area contributed by atoms with Gasteiger partial charge >= 0.3 is 5.97 Å². The van der Waals surface area contributed by atoms with Crippen LogP contribution in [0.25, 0.3) is 0 Å². The molecule has 0 radical (unpaired) electrons. The van der Waals surface area contributed by atoms with Crippen LogP contribution in [-0.4, -0.2) is 28.8 Å². The number of ether oxygens (including phenoxy) is 1. The molecular formula is C17H21N3O3S. The maximum atomic E-state index is 12.5. The van der Waals surface area contributed by atoms with Gasteiger partial charge < -0.3 is 10.1 Å². The first kappa shape index (κ1) is 16.7. The van der Waals surface area contributed by atoms with Gasteiger partial charge in [-0.15, -0.1) is 11.3 Å². The number of aryl methyl sites for hydroxylation is 3. The molecule has 0 aromatic carbocycles. The van der Waals surface area contributed by atoms with Crippen molar-refractivity contribution in [1.29, 1.82) is 0 Å². The van der Waals surface area contributed by atoms with Gasteiger partial charge in [0.1, 0.15) is 5.00 Å². The Morgan fingerprint density at radius 2 is 2.04 bits per heavy atom. The average molecular weight is 347 g/mol. The molecular weight excluding hydrogens is 326 g/mol. The molecule has 0 saturated heterocycles. The van der Waals surface area contributed by atoms with Gasteiger partial charge in [0.05, 0.1) is 12.7 Å². The van der Waals surface area contributed by atoms with Gasteiger partial charge in [-0.2, -0.15) is 5.10 Å². The number of aromatic nitrogens is 2. The highest BCUT2D eigenvalue weighted by Crippen LogP contribution is 2.38. The quantitative estimate of drug-likeness (QED) is 0.684. The largest absolute Gasteiger partial charge is 0.465 e. The predicted molar refractivity (Wildman–Crippen MR) is 92.8 cm³/mol. The first-order valence-electron chi connectivity index (χ1n) is 8.06. The predicted octanol–water partition coefficient (Wildman–Crippen LogP) is 3.10. The summed E-state index contributed by atoms with van der Waals surface area (Å²) in [6.45, 7) is 1.89. The van der Waals surface area contributed by atoms with Crippen molar-refractivity contribution in [3.63, 3.8) is 0 Å². The molecule has 128 valence electrons. The standard InChI is InChI=1S/C17H21N3O3S/c1-10-9-12(19-20(10)2)15(21)18-16-14(17(22)23-3)11-7-5-4-6-8-13(11)24-16/h9H,4-8H2,1-3H3,(H,18,21). The van der Waals surface area contributed by atoms with Gasteiger partial charge in [-0.3, -0.25) is 9.48 Å². The van der Waals surface area contributed by atoms with E-state index in [0.29, 0.717) is 16.3 Å². The summed E-state index contributed by atoms with van der Waals surface area (Å²) in [4.78, 5) is 25.9. The Labute approximate surface area is 144 Å². The molecule has 0 spiro atoms. The van der Waals surface area contributed by atoms with E-state index < -0.39 is 0 Å². The van der Waals surface area contributed by atoms with E-state index in [2.05, 4.69) is 10.4 Å². The van der Waals surface area contributed by atoms with E-state index in [9.17, 15) is 9.59 Å². The van der Waals surface area contributed by atoms with Crippen molar-refractivity contribution in [2.24, 2.45) is 7.05 Å². The fraction of sp³-hybridized carbons (Fsp3) is 0.471. The Hall–Kier alpha value is -2.15. The highest BCUT2D eigenvalue weighted by molar-refractivity contribution is 7.17. The summed E-state index contributed by atoms with van der Waals surface area (Å²) in [6.07, 6.45) is 5.13. The van der Waals surface area contributed by atoms with Gasteiger partial charge in [-0.25, -0.2) is 4.79 Å². The van der Waals surface area contributed by atoms with Crippen molar-refractivity contribution >= 4 is 28.2 Å². The molecule has 3 rings (SSSR count).